The zero-order valence-corrected chi connectivity index (χ0v) is 10.3. The van der Waals surface area contributed by atoms with Crippen LogP contribution in [0.3, 0.4) is 0 Å². The van der Waals surface area contributed by atoms with Gasteiger partial charge in [0.1, 0.15) is 11.6 Å². The molecule has 2 aromatic rings. The largest absolute Gasteiger partial charge is 0.475 e. The monoisotopic (exact) mass is 285 g/mol. The summed E-state index contributed by atoms with van der Waals surface area (Å²) < 4.78 is 44.5. The lowest BCUT2D eigenvalue weighted by molar-refractivity contribution is 0.0660. The second-order valence-electron chi connectivity index (χ2n) is 4.12. The summed E-state index contributed by atoms with van der Waals surface area (Å²) in [6, 6.07) is 3.18. The highest BCUT2D eigenvalue weighted by Crippen LogP contribution is 2.25. The van der Waals surface area contributed by atoms with Crippen molar-refractivity contribution in [1.82, 2.24) is 0 Å². The van der Waals surface area contributed by atoms with Gasteiger partial charge in [-0.2, -0.15) is 0 Å². The molecule has 0 spiro atoms. The van der Waals surface area contributed by atoms with Gasteiger partial charge in [-0.3, -0.25) is 0 Å². The molecule has 0 saturated carbocycles. The van der Waals surface area contributed by atoms with Gasteiger partial charge in [-0.15, -0.1) is 0 Å². The van der Waals surface area contributed by atoms with Gasteiger partial charge in [-0.25, -0.2) is 18.0 Å². The third-order valence-corrected chi connectivity index (χ3v) is 2.63. The Morgan fingerprint density at radius 3 is 2.60 bits per heavy atom. The van der Waals surface area contributed by atoms with Crippen molar-refractivity contribution in [1.29, 1.82) is 0 Å². The van der Waals surface area contributed by atoms with Crippen LogP contribution in [-0.2, 0) is 0 Å². The van der Waals surface area contributed by atoms with Gasteiger partial charge in [0.25, 0.3) is 0 Å². The first-order valence-corrected chi connectivity index (χ1v) is 5.62. The van der Waals surface area contributed by atoms with E-state index in [1.807, 2.05) is 0 Å². The highest BCUT2D eigenvalue weighted by Gasteiger charge is 2.17. The van der Waals surface area contributed by atoms with E-state index in [-0.39, 0.29) is 17.2 Å². The van der Waals surface area contributed by atoms with Gasteiger partial charge in [-0.05, 0) is 19.1 Å². The number of anilines is 1. The van der Waals surface area contributed by atoms with E-state index >= 15 is 0 Å². The Bertz CT molecular complexity index is 654. The lowest BCUT2D eigenvalue weighted by Gasteiger charge is -2.14. The Labute approximate surface area is 111 Å². The van der Waals surface area contributed by atoms with Crippen molar-refractivity contribution >= 4 is 11.7 Å². The summed E-state index contributed by atoms with van der Waals surface area (Å²) in [6.07, 6.45) is 0. The first-order valence-electron chi connectivity index (χ1n) is 5.62. The van der Waals surface area contributed by atoms with E-state index in [1.165, 1.54) is 19.1 Å². The van der Waals surface area contributed by atoms with Crippen molar-refractivity contribution in [3.05, 3.63) is 53.2 Å². The van der Waals surface area contributed by atoms with Crippen LogP contribution in [0.4, 0.5) is 18.9 Å². The average molecular weight is 285 g/mol. The highest BCUT2D eigenvalue weighted by atomic mass is 19.2. The number of nitrogens with one attached hydrogen (secondary N) is 1. The molecule has 7 heteroatoms. The number of aromatic carboxylic acids is 1. The van der Waals surface area contributed by atoms with Crippen molar-refractivity contribution < 1.29 is 27.5 Å². The Balaban J connectivity index is 2.23. The van der Waals surface area contributed by atoms with Crippen molar-refractivity contribution in [2.75, 3.05) is 5.32 Å². The number of benzene rings is 1. The van der Waals surface area contributed by atoms with E-state index in [0.29, 0.717) is 6.07 Å². The van der Waals surface area contributed by atoms with Crippen LogP contribution < -0.4 is 5.32 Å². The lowest BCUT2D eigenvalue weighted by atomic mass is 10.2. The highest BCUT2D eigenvalue weighted by molar-refractivity contribution is 5.84. The summed E-state index contributed by atoms with van der Waals surface area (Å²) >= 11 is 0. The molecule has 1 aromatic heterocycles. The lowest BCUT2D eigenvalue weighted by Crippen LogP contribution is -2.08. The van der Waals surface area contributed by atoms with Crippen molar-refractivity contribution in [2.45, 2.75) is 13.0 Å². The quantitative estimate of drug-likeness (QED) is 0.843. The molecule has 0 aliphatic carbocycles. The SMILES string of the molecule is CC(Nc1cc(F)cc(F)c1F)c1ccc(C(=O)O)o1. The third kappa shape index (κ3) is 2.76. The molecule has 1 unspecified atom stereocenters. The molecule has 106 valence electrons. The van der Waals surface area contributed by atoms with Crippen LogP contribution in [0.1, 0.15) is 29.3 Å². The Morgan fingerprint density at radius 1 is 1.30 bits per heavy atom. The number of carboxylic acids is 1. The van der Waals surface area contributed by atoms with E-state index in [2.05, 4.69) is 5.32 Å². The molecule has 4 nitrogen and oxygen atoms in total. The Morgan fingerprint density at radius 2 is 2.00 bits per heavy atom. The van der Waals surface area contributed by atoms with Gasteiger partial charge in [0.2, 0.25) is 5.76 Å². The normalized spacial score (nSPS) is 12.2. The molecule has 0 fully saturated rings. The topological polar surface area (TPSA) is 62.5 Å². The number of carboxylic acid groups (broad SMARTS) is 1. The molecule has 20 heavy (non-hydrogen) atoms. The Kier molecular flexibility index (Phi) is 3.69. The maximum Gasteiger partial charge on any atom is 0.371 e. The zero-order chi connectivity index (χ0) is 14.9. The minimum atomic E-state index is -1.31. The number of rotatable bonds is 4. The van der Waals surface area contributed by atoms with Crippen molar-refractivity contribution in [3.63, 3.8) is 0 Å². The third-order valence-electron chi connectivity index (χ3n) is 2.63. The van der Waals surface area contributed by atoms with Crippen LogP contribution in [0.25, 0.3) is 0 Å². The minimum Gasteiger partial charge on any atom is -0.475 e. The number of hydrogen-bond acceptors (Lipinski definition) is 3. The predicted octanol–water partition coefficient (Wildman–Crippen LogP) is 3.57. The van der Waals surface area contributed by atoms with Crippen LogP contribution in [-0.4, -0.2) is 11.1 Å². The fourth-order valence-electron chi connectivity index (χ4n) is 1.67. The molecule has 1 atom stereocenters. The van der Waals surface area contributed by atoms with E-state index in [9.17, 15) is 18.0 Å². The maximum atomic E-state index is 13.5. The van der Waals surface area contributed by atoms with Crippen LogP contribution in [0.15, 0.2) is 28.7 Å². The van der Waals surface area contributed by atoms with Crippen LogP contribution in [0.5, 0.6) is 0 Å². The zero-order valence-electron chi connectivity index (χ0n) is 10.3. The molecule has 1 heterocycles. The van der Waals surface area contributed by atoms with Gasteiger partial charge < -0.3 is 14.8 Å². The van der Waals surface area contributed by atoms with Crippen molar-refractivity contribution in [3.8, 4) is 0 Å². The molecular weight excluding hydrogens is 275 g/mol. The summed E-state index contributed by atoms with van der Waals surface area (Å²) in [5.74, 6) is -4.78. The molecule has 0 amide bonds. The molecule has 2 N–H and O–H groups in total. The van der Waals surface area contributed by atoms with Gasteiger partial charge in [-0.1, -0.05) is 0 Å². The summed E-state index contributed by atoms with van der Waals surface area (Å²) in [6.45, 7) is 1.53. The molecule has 0 bridgehead atoms. The molecule has 0 saturated heterocycles. The first kappa shape index (κ1) is 14.0. The fourth-order valence-corrected chi connectivity index (χ4v) is 1.67. The second kappa shape index (κ2) is 5.28. The standard InChI is InChI=1S/C13H10F3NO3/c1-6(10-2-3-11(20-10)13(18)19)17-9-5-7(14)4-8(15)12(9)16/h2-6,17H,1H3,(H,18,19). The number of hydrogen-bond donors (Lipinski definition) is 2. The molecule has 0 radical (unpaired) electrons. The van der Waals surface area contributed by atoms with Crippen LogP contribution in [0, 0.1) is 17.5 Å². The minimum absolute atomic E-state index is 0.200. The van der Waals surface area contributed by atoms with E-state index < -0.39 is 29.5 Å². The number of carbonyl (C=O) groups is 1. The molecule has 0 aliphatic heterocycles. The molecular formula is C13H10F3NO3. The maximum absolute atomic E-state index is 13.5. The van der Waals surface area contributed by atoms with E-state index in [4.69, 9.17) is 9.52 Å². The van der Waals surface area contributed by atoms with Gasteiger partial charge in [0, 0.05) is 12.1 Å². The molecule has 0 aliphatic rings. The Hall–Kier alpha value is -2.44. The van der Waals surface area contributed by atoms with E-state index in [1.54, 1.807) is 0 Å². The number of halogens is 3. The van der Waals surface area contributed by atoms with E-state index in [0.717, 1.165) is 6.07 Å². The fraction of sp³-hybridized carbons (Fsp3) is 0.154. The van der Waals surface area contributed by atoms with Gasteiger partial charge >= 0.3 is 5.97 Å². The van der Waals surface area contributed by atoms with Crippen LogP contribution in [0.2, 0.25) is 0 Å². The van der Waals surface area contributed by atoms with Gasteiger partial charge in [0.05, 0.1) is 11.7 Å². The average Bonchev–Trinajstić information content (AvgIpc) is 2.85. The predicted molar refractivity (Wildman–Crippen MR) is 64.0 cm³/mol. The molecule has 1 aromatic carbocycles. The summed E-state index contributed by atoms with van der Waals surface area (Å²) in [7, 11) is 0. The summed E-state index contributed by atoms with van der Waals surface area (Å²) in [5.41, 5.74) is -0.372. The first-order chi connectivity index (χ1) is 9.38. The smallest absolute Gasteiger partial charge is 0.371 e. The van der Waals surface area contributed by atoms with Crippen LogP contribution >= 0.6 is 0 Å². The van der Waals surface area contributed by atoms with Crippen molar-refractivity contribution in [2.24, 2.45) is 0 Å². The summed E-state index contributed by atoms with van der Waals surface area (Å²) in [4.78, 5) is 10.7. The number of furan rings is 1. The van der Waals surface area contributed by atoms with Gasteiger partial charge in [0.15, 0.2) is 11.6 Å². The second-order valence-corrected chi connectivity index (χ2v) is 4.12. The molecule has 2 rings (SSSR count). The summed E-state index contributed by atoms with van der Waals surface area (Å²) in [5, 5.41) is 11.2.